The molecule has 1 aliphatic rings. The number of benzene rings is 2. The summed E-state index contributed by atoms with van der Waals surface area (Å²) in [4.78, 5) is 15.9. The molecular weight excluding hydrogens is 340 g/mol. The molecule has 0 aromatic heterocycles. The molecule has 5 nitrogen and oxygen atoms in total. The lowest BCUT2D eigenvalue weighted by Gasteiger charge is -2.36. The molecule has 2 amide bonds. The highest BCUT2D eigenvalue weighted by molar-refractivity contribution is 5.74. The molecule has 0 radical (unpaired) electrons. The first-order chi connectivity index (χ1) is 12.6. The molecule has 1 aliphatic heterocycles. The molecule has 2 aromatic rings. The highest BCUT2D eigenvalue weighted by Crippen LogP contribution is 2.22. The Morgan fingerprint density at radius 3 is 2.54 bits per heavy atom. The average molecular weight is 361 g/mol. The lowest BCUT2D eigenvalue weighted by atomic mass is 10.2. The zero-order valence-corrected chi connectivity index (χ0v) is 14.5. The van der Waals surface area contributed by atoms with Crippen LogP contribution in [-0.4, -0.2) is 44.2 Å². The van der Waals surface area contributed by atoms with Crippen LogP contribution in [0.15, 0.2) is 42.5 Å². The number of ether oxygens (including phenoxy) is 1. The van der Waals surface area contributed by atoms with Crippen LogP contribution in [0.3, 0.4) is 0 Å². The molecule has 0 atom stereocenters. The fourth-order valence-corrected chi connectivity index (χ4v) is 3.02. The summed E-state index contributed by atoms with van der Waals surface area (Å²) >= 11 is 0. The van der Waals surface area contributed by atoms with Crippen molar-refractivity contribution in [1.82, 2.24) is 10.2 Å². The van der Waals surface area contributed by atoms with E-state index in [2.05, 4.69) is 5.32 Å². The van der Waals surface area contributed by atoms with Gasteiger partial charge in [-0.05, 0) is 18.2 Å². The van der Waals surface area contributed by atoms with E-state index in [0.29, 0.717) is 38.4 Å². The fraction of sp³-hybridized carbons (Fsp3) is 0.316. The van der Waals surface area contributed by atoms with E-state index in [0.717, 1.165) is 17.4 Å². The Morgan fingerprint density at radius 2 is 1.85 bits per heavy atom. The van der Waals surface area contributed by atoms with Crippen LogP contribution in [0, 0.1) is 11.6 Å². The van der Waals surface area contributed by atoms with Gasteiger partial charge in [0.05, 0.1) is 12.8 Å². The zero-order valence-electron chi connectivity index (χ0n) is 14.5. The van der Waals surface area contributed by atoms with Crippen molar-refractivity contribution in [3.05, 3.63) is 59.7 Å². The molecule has 1 saturated heterocycles. The van der Waals surface area contributed by atoms with Crippen LogP contribution in [0.1, 0.15) is 5.56 Å². The molecule has 2 aromatic carbocycles. The summed E-state index contributed by atoms with van der Waals surface area (Å²) in [7, 11) is 1.59. The summed E-state index contributed by atoms with van der Waals surface area (Å²) < 4.78 is 32.2. The molecule has 7 heteroatoms. The Morgan fingerprint density at radius 1 is 1.12 bits per heavy atom. The van der Waals surface area contributed by atoms with Gasteiger partial charge in [0.15, 0.2) is 0 Å². The van der Waals surface area contributed by atoms with Gasteiger partial charge in [0.25, 0.3) is 0 Å². The van der Waals surface area contributed by atoms with E-state index in [1.165, 1.54) is 12.1 Å². The van der Waals surface area contributed by atoms with E-state index in [1.807, 2.05) is 29.2 Å². The number of para-hydroxylation sites is 1. The van der Waals surface area contributed by atoms with Gasteiger partial charge in [-0.25, -0.2) is 13.6 Å². The SMILES string of the molecule is COc1ccccc1CNC(=O)N1CCN(c2ccc(F)cc2F)CC1. The number of methoxy groups -OCH3 is 1. The number of hydrogen-bond acceptors (Lipinski definition) is 3. The summed E-state index contributed by atoms with van der Waals surface area (Å²) in [6.07, 6.45) is 0. The van der Waals surface area contributed by atoms with Crippen LogP contribution in [0.5, 0.6) is 5.75 Å². The van der Waals surface area contributed by atoms with Gasteiger partial charge in [0, 0.05) is 44.4 Å². The van der Waals surface area contributed by atoms with Crippen LogP contribution in [-0.2, 0) is 6.54 Å². The number of halogens is 2. The topological polar surface area (TPSA) is 44.8 Å². The van der Waals surface area contributed by atoms with Crippen LogP contribution < -0.4 is 15.0 Å². The van der Waals surface area contributed by atoms with E-state index >= 15 is 0 Å². The van der Waals surface area contributed by atoms with Crippen molar-refractivity contribution in [2.75, 3.05) is 38.2 Å². The molecule has 1 fully saturated rings. The van der Waals surface area contributed by atoms with Crippen molar-refractivity contribution >= 4 is 11.7 Å². The minimum absolute atomic E-state index is 0.171. The van der Waals surface area contributed by atoms with Crippen molar-refractivity contribution in [3.8, 4) is 5.75 Å². The lowest BCUT2D eigenvalue weighted by Crippen LogP contribution is -2.51. The van der Waals surface area contributed by atoms with E-state index in [4.69, 9.17) is 4.74 Å². The van der Waals surface area contributed by atoms with Crippen molar-refractivity contribution in [3.63, 3.8) is 0 Å². The highest BCUT2D eigenvalue weighted by Gasteiger charge is 2.23. The van der Waals surface area contributed by atoms with Crippen LogP contribution >= 0.6 is 0 Å². The van der Waals surface area contributed by atoms with Gasteiger partial charge in [0.2, 0.25) is 0 Å². The predicted octanol–water partition coefficient (Wildman–Crippen LogP) is 3.01. The molecular formula is C19H21F2N3O2. The zero-order chi connectivity index (χ0) is 18.5. The summed E-state index contributed by atoms with van der Waals surface area (Å²) in [6.45, 7) is 2.29. The Bertz CT molecular complexity index is 777. The van der Waals surface area contributed by atoms with Crippen LogP contribution in [0.2, 0.25) is 0 Å². The Kier molecular flexibility index (Phi) is 5.55. The van der Waals surface area contributed by atoms with Crippen molar-refractivity contribution < 1.29 is 18.3 Å². The molecule has 0 spiro atoms. The number of nitrogens with one attached hydrogen (secondary N) is 1. The number of urea groups is 1. The summed E-state index contributed by atoms with van der Waals surface area (Å²) in [6, 6.07) is 10.9. The maximum atomic E-state index is 13.9. The van der Waals surface area contributed by atoms with Crippen molar-refractivity contribution in [1.29, 1.82) is 0 Å². The third kappa shape index (κ3) is 4.04. The number of anilines is 1. The Balaban J connectivity index is 1.53. The van der Waals surface area contributed by atoms with E-state index < -0.39 is 11.6 Å². The number of nitrogens with zero attached hydrogens (tertiary/aromatic N) is 2. The third-order valence-corrected chi connectivity index (χ3v) is 4.44. The van der Waals surface area contributed by atoms with Gasteiger partial charge in [-0.1, -0.05) is 18.2 Å². The highest BCUT2D eigenvalue weighted by atomic mass is 19.1. The van der Waals surface area contributed by atoms with Gasteiger partial charge >= 0.3 is 6.03 Å². The molecule has 0 aliphatic carbocycles. The third-order valence-electron chi connectivity index (χ3n) is 4.44. The lowest BCUT2D eigenvalue weighted by molar-refractivity contribution is 0.193. The quantitative estimate of drug-likeness (QED) is 0.911. The van der Waals surface area contributed by atoms with Crippen LogP contribution in [0.4, 0.5) is 19.3 Å². The number of carbonyl (C=O) groups is 1. The number of rotatable bonds is 4. The molecule has 0 bridgehead atoms. The molecule has 1 heterocycles. The molecule has 0 saturated carbocycles. The monoisotopic (exact) mass is 361 g/mol. The second-order valence-electron chi connectivity index (χ2n) is 6.04. The summed E-state index contributed by atoms with van der Waals surface area (Å²) in [5.41, 5.74) is 1.26. The Hall–Kier alpha value is -2.83. The van der Waals surface area contributed by atoms with Gasteiger partial charge in [-0.2, -0.15) is 0 Å². The van der Waals surface area contributed by atoms with E-state index in [1.54, 1.807) is 12.0 Å². The van der Waals surface area contributed by atoms with Gasteiger partial charge in [0.1, 0.15) is 17.4 Å². The second kappa shape index (κ2) is 8.03. The second-order valence-corrected chi connectivity index (χ2v) is 6.04. The standard InChI is InChI=1S/C19H21F2N3O2/c1-26-18-5-3-2-4-14(18)13-22-19(25)24-10-8-23(9-11-24)17-7-6-15(20)12-16(17)21/h2-7,12H,8-11,13H2,1H3,(H,22,25). The van der Waals surface area contributed by atoms with E-state index in [-0.39, 0.29) is 6.03 Å². The van der Waals surface area contributed by atoms with Gasteiger partial charge in [-0.3, -0.25) is 0 Å². The fourth-order valence-electron chi connectivity index (χ4n) is 3.02. The van der Waals surface area contributed by atoms with Gasteiger partial charge < -0.3 is 19.9 Å². The number of piperazine rings is 1. The minimum Gasteiger partial charge on any atom is -0.496 e. The maximum Gasteiger partial charge on any atom is 0.317 e. The Labute approximate surface area is 151 Å². The molecule has 3 rings (SSSR count). The first-order valence-electron chi connectivity index (χ1n) is 8.43. The predicted molar refractivity (Wildman–Crippen MR) is 95.4 cm³/mol. The minimum atomic E-state index is -0.597. The largest absolute Gasteiger partial charge is 0.496 e. The first-order valence-corrected chi connectivity index (χ1v) is 8.43. The first kappa shape index (κ1) is 18.0. The normalized spacial score (nSPS) is 14.3. The van der Waals surface area contributed by atoms with E-state index in [9.17, 15) is 13.6 Å². The van der Waals surface area contributed by atoms with Crippen molar-refractivity contribution in [2.45, 2.75) is 6.54 Å². The number of carbonyl (C=O) groups excluding carboxylic acids is 1. The van der Waals surface area contributed by atoms with Gasteiger partial charge in [-0.15, -0.1) is 0 Å². The average Bonchev–Trinajstić information content (AvgIpc) is 2.66. The molecule has 26 heavy (non-hydrogen) atoms. The summed E-state index contributed by atoms with van der Waals surface area (Å²) in [5.74, 6) is -0.455. The van der Waals surface area contributed by atoms with Crippen LogP contribution in [0.25, 0.3) is 0 Å². The molecule has 1 N–H and O–H groups in total. The number of hydrogen-bond donors (Lipinski definition) is 1. The molecule has 0 unspecified atom stereocenters. The molecule has 138 valence electrons. The maximum absolute atomic E-state index is 13.9. The van der Waals surface area contributed by atoms with Crippen molar-refractivity contribution in [2.24, 2.45) is 0 Å². The summed E-state index contributed by atoms with van der Waals surface area (Å²) in [5, 5.41) is 2.88. The smallest absolute Gasteiger partial charge is 0.317 e. The number of amides is 2.